The van der Waals surface area contributed by atoms with Gasteiger partial charge in [-0.25, -0.2) is 4.39 Å². The second-order valence-corrected chi connectivity index (χ2v) is 4.87. The predicted molar refractivity (Wildman–Crippen MR) is 60.7 cm³/mol. The van der Waals surface area contributed by atoms with Gasteiger partial charge in [-0.15, -0.1) is 11.6 Å². The molecule has 2 nitrogen and oxygen atoms in total. The molecule has 5 heteroatoms. The third-order valence-corrected chi connectivity index (χ3v) is 3.24. The lowest BCUT2D eigenvalue weighted by Gasteiger charge is -2.17. The first-order valence-electron chi connectivity index (χ1n) is 4.47. The largest absolute Gasteiger partial charge is 0.310 e. The van der Waals surface area contributed by atoms with Crippen LogP contribution >= 0.6 is 27.5 Å². The van der Waals surface area contributed by atoms with Gasteiger partial charge in [-0.3, -0.25) is 4.79 Å². The Morgan fingerprint density at radius 3 is 2.87 bits per heavy atom. The first-order valence-corrected chi connectivity index (χ1v) is 5.70. The minimum absolute atomic E-state index is 0.0682. The quantitative estimate of drug-likeness (QED) is 0.729. The smallest absolute Gasteiger partial charge is 0.228 e. The summed E-state index contributed by atoms with van der Waals surface area (Å²) in [5.74, 6) is -0.430. The van der Waals surface area contributed by atoms with Crippen LogP contribution in [0.2, 0.25) is 0 Å². The highest BCUT2D eigenvalue weighted by Gasteiger charge is 2.30. The van der Waals surface area contributed by atoms with E-state index >= 15 is 0 Å². The van der Waals surface area contributed by atoms with Crippen molar-refractivity contribution in [3.8, 4) is 0 Å². The fourth-order valence-corrected chi connectivity index (χ4v) is 2.32. The first kappa shape index (κ1) is 10.9. The molecule has 1 saturated heterocycles. The Kier molecular flexibility index (Phi) is 2.98. The fraction of sp³-hybridized carbons (Fsp3) is 0.300. The fourth-order valence-electron chi connectivity index (χ4n) is 1.59. The molecule has 0 bridgehead atoms. The first-order chi connectivity index (χ1) is 7.08. The van der Waals surface area contributed by atoms with Crippen molar-refractivity contribution in [2.24, 2.45) is 0 Å². The number of alkyl halides is 1. The SMILES string of the molecule is O=C1CC(Cl)CN1c1cc(F)ccc1Br. The van der Waals surface area contributed by atoms with E-state index in [1.807, 2.05) is 0 Å². The Bertz CT molecular complexity index is 412. The molecule has 0 aliphatic carbocycles. The van der Waals surface area contributed by atoms with Crippen molar-refractivity contribution in [2.45, 2.75) is 11.8 Å². The topological polar surface area (TPSA) is 20.3 Å². The Morgan fingerprint density at radius 1 is 1.53 bits per heavy atom. The van der Waals surface area contributed by atoms with Gasteiger partial charge in [-0.2, -0.15) is 0 Å². The van der Waals surface area contributed by atoms with E-state index in [1.54, 1.807) is 6.07 Å². The predicted octanol–water partition coefficient (Wildman–Crippen LogP) is 2.93. The van der Waals surface area contributed by atoms with E-state index in [9.17, 15) is 9.18 Å². The van der Waals surface area contributed by atoms with Gasteiger partial charge in [0.15, 0.2) is 0 Å². The van der Waals surface area contributed by atoms with E-state index in [-0.39, 0.29) is 17.1 Å². The minimum Gasteiger partial charge on any atom is -0.310 e. The summed E-state index contributed by atoms with van der Waals surface area (Å²) in [4.78, 5) is 13.1. The summed E-state index contributed by atoms with van der Waals surface area (Å²) in [5.41, 5.74) is 0.545. The zero-order valence-corrected chi connectivity index (χ0v) is 10.1. The number of rotatable bonds is 1. The van der Waals surface area contributed by atoms with E-state index in [1.165, 1.54) is 17.0 Å². The van der Waals surface area contributed by atoms with Gasteiger partial charge in [0.25, 0.3) is 0 Å². The van der Waals surface area contributed by atoms with Crippen LogP contribution in [0, 0.1) is 5.82 Å². The molecule has 2 rings (SSSR count). The van der Waals surface area contributed by atoms with Gasteiger partial charge in [0.1, 0.15) is 5.82 Å². The van der Waals surface area contributed by atoms with Gasteiger partial charge < -0.3 is 4.90 Å². The van der Waals surface area contributed by atoms with Crippen LogP contribution in [0.5, 0.6) is 0 Å². The van der Waals surface area contributed by atoms with Crippen LogP contribution in [0.1, 0.15) is 6.42 Å². The van der Waals surface area contributed by atoms with Crippen molar-refractivity contribution in [2.75, 3.05) is 11.4 Å². The average molecular weight is 293 g/mol. The zero-order valence-electron chi connectivity index (χ0n) is 7.71. The average Bonchev–Trinajstić information content (AvgIpc) is 2.50. The number of amides is 1. The lowest BCUT2D eigenvalue weighted by atomic mass is 10.3. The molecule has 1 aromatic rings. The van der Waals surface area contributed by atoms with Crippen molar-refractivity contribution in [1.82, 2.24) is 0 Å². The number of halogens is 3. The molecular weight excluding hydrogens is 284 g/mol. The van der Waals surface area contributed by atoms with Crippen LogP contribution in [0.3, 0.4) is 0 Å². The summed E-state index contributed by atoms with van der Waals surface area (Å²) in [6.07, 6.45) is 0.310. The molecule has 1 fully saturated rings. The second-order valence-electron chi connectivity index (χ2n) is 3.40. The monoisotopic (exact) mass is 291 g/mol. The van der Waals surface area contributed by atoms with Crippen molar-refractivity contribution < 1.29 is 9.18 Å². The Balaban J connectivity index is 2.37. The molecule has 1 aromatic carbocycles. The molecule has 0 radical (unpaired) electrons. The molecule has 1 unspecified atom stereocenters. The van der Waals surface area contributed by atoms with E-state index in [0.717, 1.165) is 0 Å². The summed E-state index contributed by atoms with van der Waals surface area (Å²) in [7, 11) is 0. The van der Waals surface area contributed by atoms with Crippen molar-refractivity contribution in [1.29, 1.82) is 0 Å². The molecule has 1 aliphatic heterocycles. The molecule has 0 spiro atoms. The summed E-state index contributed by atoms with van der Waals surface area (Å²) in [6, 6.07) is 4.25. The molecule has 0 aromatic heterocycles. The molecule has 80 valence electrons. The number of carbonyl (C=O) groups excluding carboxylic acids is 1. The molecule has 1 heterocycles. The molecule has 1 amide bonds. The van der Waals surface area contributed by atoms with Crippen LogP contribution in [0.25, 0.3) is 0 Å². The lowest BCUT2D eigenvalue weighted by Crippen LogP contribution is -2.25. The van der Waals surface area contributed by atoms with Crippen LogP contribution in [-0.2, 0) is 4.79 Å². The summed E-state index contributed by atoms with van der Waals surface area (Å²) in [5, 5.41) is -0.187. The third kappa shape index (κ3) is 2.16. The van der Waals surface area contributed by atoms with E-state index in [0.29, 0.717) is 23.1 Å². The molecule has 0 N–H and O–H groups in total. The maximum Gasteiger partial charge on any atom is 0.228 e. The summed E-state index contributed by atoms with van der Waals surface area (Å²) >= 11 is 9.16. The van der Waals surface area contributed by atoms with E-state index < -0.39 is 0 Å². The van der Waals surface area contributed by atoms with Crippen LogP contribution < -0.4 is 4.90 Å². The minimum atomic E-state index is -0.362. The van der Waals surface area contributed by atoms with Crippen molar-refractivity contribution >= 4 is 39.1 Å². The van der Waals surface area contributed by atoms with Gasteiger partial charge >= 0.3 is 0 Å². The Labute approximate surface area is 100 Å². The number of anilines is 1. The molecule has 1 atom stereocenters. The number of nitrogens with zero attached hydrogens (tertiary/aromatic N) is 1. The van der Waals surface area contributed by atoms with Gasteiger partial charge in [-0.1, -0.05) is 0 Å². The van der Waals surface area contributed by atoms with Crippen LogP contribution in [0.15, 0.2) is 22.7 Å². The number of hydrogen-bond donors (Lipinski definition) is 0. The number of carbonyl (C=O) groups is 1. The summed E-state index contributed by atoms with van der Waals surface area (Å²) < 4.78 is 13.7. The third-order valence-electron chi connectivity index (χ3n) is 2.28. The molecular formula is C10H8BrClFNO. The standard InChI is InChI=1S/C10H8BrClFNO/c11-8-2-1-7(13)4-9(8)14-5-6(12)3-10(14)15/h1-2,4,6H,3,5H2. The molecule has 0 saturated carbocycles. The summed E-state index contributed by atoms with van der Waals surface area (Å²) in [6.45, 7) is 0.433. The highest BCUT2D eigenvalue weighted by atomic mass is 79.9. The van der Waals surface area contributed by atoms with Gasteiger partial charge in [-0.05, 0) is 34.1 Å². The van der Waals surface area contributed by atoms with E-state index in [2.05, 4.69) is 15.9 Å². The van der Waals surface area contributed by atoms with Gasteiger partial charge in [0, 0.05) is 17.4 Å². The Hall–Kier alpha value is -0.610. The van der Waals surface area contributed by atoms with Crippen LogP contribution in [0.4, 0.5) is 10.1 Å². The normalized spacial score (nSPS) is 21.1. The van der Waals surface area contributed by atoms with Gasteiger partial charge in [0.2, 0.25) is 5.91 Å². The molecule has 1 aliphatic rings. The van der Waals surface area contributed by atoms with Crippen molar-refractivity contribution in [3.05, 3.63) is 28.5 Å². The van der Waals surface area contributed by atoms with E-state index in [4.69, 9.17) is 11.6 Å². The van der Waals surface area contributed by atoms with Crippen LogP contribution in [-0.4, -0.2) is 17.8 Å². The maximum atomic E-state index is 13.0. The second kappa shape index (κ2) is 4.10. The maximum absolute atomic E-state index is 13.0. The van der Waals surface area contributed by atoms with Crippen molar-refractivity contribution in [3.63, 3.8) is 0 Å². The number of hydrogen-bond acceptors (Lipinski definition) is 1. The molecule has 15 heavy (non-hydrogen) atoms. The highest BCUT2D eigenvalue weighted by molar-refractivity contribution is 9.10. The van der Waals surface area contributed by atoms with Gasteiger partial charge in [0.05, 0.1) is 11.1 Å². The zero-order chi connectivity index (χ0) is 11.0. The number of benzene rings is 1. The highest BCUT2D eigenvalue weighted by Crippen LogP contribution is 2.31. The lowest BCUT2D eigenvalue weighted by molar-refractivity contribution is -0.117. The Morgan fingerprint density at radius 2 is 2.27 bits per heavy atom.